The molecule has 1 aromatic heterocycles. The number of para-hydroxylation sites is 2. The molecule has 32 heavy (non-hydrogen) atoms. The third-order valence-corrected chi connectivity index (χ3v) is 7.56. The molecule has 2 aromatic carbocycles. The molecule has 1 aliphatic heterocycles. The Morgan fingerprint density at radius 2 is 1.78 bits per heavy atom. The van der Waals surface area contributed by atoms with Crippen molar-refractivity contribution in [2.45, 2.75) is 23.2 Å². The number of rotatable bonds is 7. The molecule has 2 amide bonds. The van der Waals surface area contributed by atoms with Crippen molar-refractivity contribution in [3.05, 3.63) is 71.6 Å². The highest BCUT2D eigenvalue weighted by atomic mass is 32.2. The van der Waals surface area contributed by atoms with E-state index in [0.29, 0.717) is 30.0 Å². The molecule has 4 rings (SSSR count). The van der Waals surface area contributed by atoms with Gasteiger partial charge in [0.05, 0.1) is 11.4 Å². The molecule has 8 nitrogen and oxygen atoms in total. The van der Waals surface area contributed by atoms with Crippen molar-refractivity contribution < 1.29 is 22.7 Å². The fourth-order valence-corrected chi connectivity index (χ4v) is 5.31. The Hall–Kier alpha value is -3.21. The van der Waals surface area contributed by atoms with E-state index >= 15 is 0 Å². The van der Waals surface area contributed by atoms with E-state index in [0.717, 1.165) is 17.8 Å². The zero-order valence-corrected chi connectivity index (χ0v) is 18.5. The summed E-state index contributed by atoms with van der Waals surface area (Å²) >= 11 is 1.10. The van der Waals surface area contributed by atoms with Gasteiger partial charge in [-0.2, -0.15) is 0 Å². The van der Waals surface area contributed by atoms with Crippen molar-refractivity contribution in [3.63, 3.8) is 0 Å². The van der Waals surface area contributed by atoms with E-state index in [1.807, 2.05) is 0 Å². The van der Waals surface area contributed by atoms with Crippen LogP contribution in [0.1, 0.15) is 23.2 Å². The Kier molecular flexibility index (Phi) is 6.54. The summed E-state index contributed by atoms with van der Waals surface area (Å²) < 4.78 is 33.2. The smallest absolute Gasteiger partial charge is 0.271 e. The van der Waals surface area contributed by atoms with Gasteiger partial charge in [-0.05, 0) is 54.6 Å². The number of hydrogen-bond acceptors (Lipinski definition) is 6. The first-order valence-electron chi connectivity index (χ1n) is 9.92. The van der Waals surface area contributed by atoms with Crippen LogP contribution in [0.5, 0.6) is 0 Å². The first-order valence-corrected chi connectivity index (χ1v) is 12.3. The van der Waals surface area contributed by atoms with Gasteiger partial charge >= 0.3 is 0 Å². The van der Waals surface area contributed by atoms with Gasteiger partial charge < -0.3 is 15.4 Å². The van der Waals surface area contributed by atoms with Crippen LogP contribution in [0.2, 0.25) is 0 Å². The number of anilines is 3. The Balaban J connectivity index is 1.48. The molecular weight excluding hydrogens is 450 g/mol. The first kappa shape index (κ1) is 22.0. The number of amides is 2. The largest absolute Gasteiger partial charge is 0.368 e. The van der Waals surface area contributed by atoms with E-state index in [4.69, 9.17) is 4.74 Å². The van der Waals surface area contributed by atoms with E-state index in [9.17, 15) is 18.0 Å². The highest BCUT2D eigenvalue weighted by Crippen LogP contribution is 2.27. The standard InChI is InChI=1S/C22H21N3O5S2/c26-21(15-6-3-7-16(14-15)23-22(27)19-10-4-12-30-19)24-17-8-1-2-9-18(17)25-32(28,29)20-11-5-13-31-20/h1-3,5-9,11,13-14,19,25H,4,10,12H2,(H,23,27)(H,24,26)/t19-/m0/s1. The fraction of sp³-hybridized carbons (Fsp3) is 0.182. The van der Waals surface area contributed by atoms with Gasteiger partial charge in [-0.15, -0.1) is 11.3 Å². The molecule has 1 atom stereocenters. The molecule has 2 heterocycles. The minimum atomic E-state index is -3.76. The number of nitrogens with one attached hydrogen (secondary N) is 3. The molecule has 10 heteroatoms. The SMILES string of the molecule is O=C(Nc1ccccc1NS(=O)(=O)c1cccs1)c1cccc(NC(=O)[C@@H]2CCCO2)c1. The van der Waals surface area contributed by atoms with Crippen molar-refractivity contribution in [2.75, 3.05) is 22.0 Å². The lowest BCUT2D eigenvalue weighted by atomic mass is 10.1. The molecule has 0 saturated carbocycles. The summed E-state index contributed by atoms with van der Waals surface area (Å²) in [5.41, 5.74) is 1.35. The van der Waals surface area contributed by atoms with Crippen LogP contribution in [0.4, 0.5) is 17.1 Å². The lowest BCUT2D eigenvalue weighted by molar-refractivity contribution is -0.124. The average Bonchev–Trinajstić information content (AvgIpc) is 3.50. The second-order valence-electron chi connectivity index (χ2n) is 7.11. The molecule has 0 bridgehead atoms. The van der Waals surface area contributed by atoms with Crippen LogP contribution in [-0.2, 0) is 19.6 Å². The van der Waals surface area contributed by atoms with Gasteiger partial charge in [-0.25, -0.2) is 8.42 Å². The van der Waals surface area contributed by atoms with Crippen molar-refractivity contribution in [3.8, 4) is 0 Å². The van der Waals surface area contributed by atoms with E-state index in [1.165, 1.54) is 6.07 Å². The number of thiophene rings is 1. The minimum absolute atomic E-state index is 0.174. The molecule has 1 saturated heterocycles. The summed E-state index contributed by atoms with van der Waals surface area (Å²) in [6.45, 7) is 0.566. The van der Waals surface area contributed by atoms with Crippen LogP contribution in [-0.4, -0.2) is 32.9 Å². The lowest BCUT2D eigenvalue weighted by Gasteiger charge is -2.14. The monoisotopic (exact) mass is 471 g/mol. The van der Waals surface area contributed by atoms with Crippen molar-refractivity contribution in [1.82, 2.24) is 0 Å². The lowest BCUT2D eigenvalue weighted by Crippen LogP contribution is -2.27. The maximum Gasteiger partial charge on any atom is 0.271 e. The summed E-state index contributed by atoms with van der Waals surface area (Å²) in [6.07, 6.45) is 1.04. The fourth-order valence-electron chi connectivity index (χ4n) is 3.23. The quantitative estimate of drug-likeness (QED) is 0.483. The molecule has 3 aromatic rings. The van der Waals surface area contributed by atoms with Gasteiger partial charge in [0.2, 0.25) is 0 Å². The van der Waals surface area contributed by atoms with Crippen LogP contribution >= 0.6 is 11.3 Å². The zero-order valence-electron chi connectivity index (χ0n) is 16.9. The molecule has 0 radical (unpaired) electrons. The van der Waals surface area contributed by atoms with Crippen molar-refractivity contribution in [2.24, 2.45) is 0 Å². The van der Waals surface area contributed by atoms with Crippen LogP contribution in [0.3, 0.4) is 0 Å². The normalized spacial score (nSPS) is 15.8. The summed E-state index contributed by atoms with van der Waals surface area (Å²) in [4.78, 5) is 25.1. The second kappa shape index (κ2) is 9.51. The highest BCUT2D eigenvalue weighted by molar-refractivity contribution is 7.94. The first-order chi connectivity index (χ1) is 15.4. The molecule has 1 fully saturated rings. The van der Waals surface area contributed by atoms with Gasteiger partial charge in [0.1, 0.15) is 10.3 Å². The van der Waals surface area contributed by atoms with Gasteiger partial charge in [0.15, 0.2) is 0 Å². The molecule has 166 valence electrons. The predicted octanol–water partition coefficient (Wildman–Crippen LogP) is 3.92. The maximum atomic E-state index is 12.8. The van der Waals surface area contributed by atoms with Crippen molar-refractivity contribution >= 4 is 50.2 Å². The van der Waals surface area contributed by atoms with Gasteiger partial charge in [0.25, 0.3) is 21.8 Å². The molecular formula is C22H21N3O5S2. The zero-order chi connectivity index (χ0) is 22.6. The molecule has 3 N–H and O–H groups in total. The second-order valence-corrected chi connectivity index (χ2v) is 9.97. The Morgan fingerprint density at radius 1 is 0.969 bits per heavy atom. The molecule has 0 unspecified atom stereocenters. The summed E-state index contributed by atoms with van der Waals surface area (Å²) in [5, 5.41) is 7.17. The van der Waals surface area contributed by atoms with E-state index in [2.05, 4.69) is 15.4 Å². The number of sulfonamides is 1. The topological polar surface area (TPSA) is 114 Å². The Labute approximate surface area is 189 Å². The molecule has 1 aliphatic rings. The predicted molar refractivity (Wildman–Crippen MR) is 124 cm³/mol. The summed E-state index contributed by atoms with van der Waals surface area (Å²) in [6, 6.07) is 16.2. The molecule has 0 aliphatic carbocycles. The van der Waals surface area contributed by atoms with Crippen LogP contribution in [0.15, 0.2) is 70.3 Å². The summed E-state index contributed by atoms with van der Waals surface area (Å²) in [7, 11) is -3.76. The van der Waals surface area contributed by atoms with Gasteiger partial charge in [-0.1, -0.05) is 24.3 Å². The summed E-state index contributed by atoms with van der Waals surface area (Å²) in [5.74, 6) is -0.686. The van der Waals surface area contributed by atoms with Crippen LogP contribution < -0.4 is 15.4 Å². The number of carbonyl (C=O) groups excluding carboxylic acids is 2. The number of ether oxygens (including phenoxy) is 1. The number of hydrogen-bond donors (Lipinski definition) is 3. The minimum Gasteiger partial charge on any atom is -0.368 e. The maximum absolute atomic E-state index is 12.8. The van der Waals surface area contributed by atoms with Crippen LogP contribution in [0.25, 0.3) is 0 Å². The number of carbonyl (C=O) groups is 2. The van der Waals surface area contributed by atoms with Crippen molar-refractivity contribution in [1.29, 1.82) is 0 Å². The van der Waals surface area contributed by atoms with Gasteiger partial charge in [0, 0.05) is 17.9 Å². The van der Waals surface area contributed by atoms with E-state index < -0.39 is 22.0 Å². The Bertz CT molecular complexity index is 1220. The average molecular weight is 472 g/mol. The molecule has 0 spiro atoms. The third-order valence-electron chi connectivity index (χ3n) is 4.79. The van der Waals surface area contributed by atoms with E-state index in [-0.39, 0.29) is 15.8 Å². The van der Waals surface area contributed by atoms with Crippen LogP contribution in [0, 0.1) is 0 Å². The Morgan fingerprint density at radius 3 is 2.50 bits per heavy atom. The third kappa shape index (κ3) is 5.16. The van der Waals surface area contributed by atoms with E-state index in [1.54, 1.807) is 60.0 Å². The highest BCUT2D eigenvalue weighted by Gasteiger charge is 2.24. The number of benzene rings is 2. The van der Waals surface area contributed by atoms with Gasteiger partial charge in [-0.3, -0.25) is 14.3 Å².